The summed E-state index contributed by atoms with van der Waals surface area (Å²) in [6.45, 7) is 3.61. The van der Waals surface area contributed by atoms with Crippen molar-refractivity contribution in [2.45, 2.75) is 25.5 Å². The van der Waals surface area contributed by atoms with Gasteiger partial charge in [-0.3, -0.25) is 4.90 Å². The number of carbonyl (C=O) groups is 1. The number of piperidine rings is 1. The van der Waals surface area contributed by atoms with Crippen molar-refractivity contribution in [3.63, 3.8) is 0 Å². The highest BCUT2D eigenvalue weighted by molar-refractivity contribution is 6.31. The fraction of sp³-hybridized carbons (Fsp3) is 0.462. The molecule has 96 valence electrons. The smallest absolute Gasteiger partial charge is 0.415 e. The molecule has 1 aromatic rings. The van der Waals surface area contributed by atoms with Crippen LogP contribution in [0.2, 0.25) is 5.02 Å². The Morgan fingerprint density at radius 3 is 3.11 bits per heavy atom. The Balaban J connectivity index is 1.94. The third kappa shape index (κ3) is 1.85. The van der Waals surface area contributed by atoms with E-state index in [2.05, 4.69) is 5.32 Å². The van der Waals surface area contributed by atoms with E-state index in [1.807, 2.05) is 25.1 Å². The van der Waals surface area contributed by atoms with Crippen molar-refractivity contribution in [3.8, 4) is 0 Å². The molecule has 2 aliphatic rings. The van der Waals surface area contributed by atoms with Crippen LogP contribution in [0.25, 0.3) is 0 Å². The molecule has 1 N–H and O–H groups in total. The summed E-state index contributed by atoms with van der Waals surface area (Å²) >= 11 is 6.12. The van der Waals surface area contributed by atoms with Gasteiger partial charge in [-0.1, -0.05) is 17.7 Å². The zero-order valence-electron chi connectivity index (χ0n) is 10.1. The van der Waals surface area contributed by atoms with Crippen LogP contribution in [0.1, 0.15) is 12.0 Å². The van der Waals surface area contributed by atoms with E-state index in [-0.39, 0.29) is 18.2 Å². The SMILES string of the molecule is Cc1ccc(N2C(=O)OC3CCNCC32)cc1Cl. The maximum atomic E-state index is 12.0. The van der Waals surface area contributed by atoms with E-state index in [4.69, 9.17) is 16.3 Å². The molecule has 1 amide bonds. The van der Waals surface area contributed by atoms with Gasteiger partial charge in [-0.2, -0.15) is 0 Å². The Morgan fingerprint density at radius 2 is 2.33 bits per heavy atom. The van der Waals surface area contributed by atoms with E-state index in [9.17, 15) is 4.79 Å². The number of nitrogens with one attached hydrogen (secondary N) is 1. The van der Waals surface area contributed by atoms with Gasteiger partial charge in [-0.05, 0) is 37.6 Å². The van der Waals surface area contributed by atoms with Crippen LogP contribution in [0.5, 0.6) is 0 Å². The van der Waals surface area contributed by atoms with Gasteiger partial charge in [0.2, 0.25) is 0 Å². The van der Waals surface area contributed by atoms with Crippen LogP contribution in [0.15, 0.2) is 18.2 Å². The van der Waals surface area contributed by atoms with Crippen molar-refractivity contribution >= 4 is 23.4 Å². The summed E-state index contributed by atoms with van der Waals surface area (Å²) < 4.78 is 5.41. The second-order valence-electron chi connectivity index (χ2n) is 4.79. The van der Waals surface area contributed by atoms with Crippen LogP contribution in [0.3, 0.4) is 0 Å². The molecule has 2 atom stereocenters. The van der Waals surface area contributed by atoms with Gasteiger partial charge in [0, 0.05) is 17.3 Å². The molecular formula is C13H15ClN2O2. The summed E-state index contributed by atoms with van der Waals surface area (Å²) in [5, 5.41) is 3.97. The number of aryl methyl sites for hydroxylation is 1. The number of nitrogens with zero attached hydrogens (tertiary/aromatic N) is 1. The molecule has 0 spiro atoms. The van der Waals surface area contributed by atoms with Crippen LogP contribution in [-0.2, 0) is 4.74 Å². The molecule has 3 rings (SSSR count). The minimum atomic E-state index is -0.270. The molecule has 18 heavy (non-hydrogen) atoms. The number of anilines is 1. The maximum absolute atomic E-state index is 12.0. The molecule has 0 bridgehead atoms. The highest BCUT2D eigenvalue weighted by Crippen LogP contribution is 2.32. The molecule has 0 aliphatic carbocycles. The van der Waals surface area contributed by atoms with Gasteiger partial charge in [0.25, 0.3) is 0 Å². The molecule has 2 saturated heterocycles. The van der Waals surface area contributed by atoms with Crippen molar-refractivity contribution in [2.75, 3.05) is 18.0 Å². The standard InChI is InChI=1S/C13H15ClN2O2/c1-8-2-3-9(6-10(8)14)16-11-7-15-5-4-12(11)18-13(16)17/h2-3,6,11-12,15H,4-5,7H2,1H3. The van der Waals surface area contributed by atoms with Crippen molar-refractivity contribution in [1.82, 2.24) is 5.32 Å². The van der Waals surface area contributed by atoms with E-state index in [0.717, 1.165) is 30.8 Å². The number of carbonyl (C=O) groups excluding carboxylic acids is 1. The summed E-state index contributed by atoms with van der Waals surface area (Å²) in [4.78, 5) is 13.7. The number of fused-ring (bicyclic) bond motifs is 1. The molecule has 0 saturated carbocycles. The van der Waals surface area contributed by atoms with Gasteiger partial charge >= 0.3 is 6.09 Å². The number of halogens is 1. The molecule has 2 aliphatic heterocycles. The summed E-state index contributed by atoms with van der Waals surface area (Å²) in [5.74, 6) is 0. The minimum Gasteiger partial charge on any atom is -0.444 e. The lowest BCUT2D eigenvalue weighted by atomic mass is 10.0. The minimum absolute atomic E-state index is 0.00108. The Bertz CT molecular complexity index is 492. The van der Waals surface area contributed by atoms with Crippen LogP contribution in [0, 0.1) is 6.92 Å². The maximum Gasteiger partial charge on any atom is 0.415 e. The second kappa shape index (κ2) is 4.44. The van der Waals surface area contributed by atoms with Gasteiger partial charge in [-0.15, -0.1) is 0 Å². The van der Waals surface area contributed by atoms with Crippen molar-refractivity contribution in [3.05, 3.63) is 28.8 Å². The van der Waals surface area contributed by atoms with Gasteiger partial charge in [0.1, 0.15) is 6.10 Å². The highest BCUT2D eigenvalue weighted by atomic mass is 35.5. The lowest BCUT2D eigenvalue weighted by Crippen LogP contribution is -2.49. The Kier molecular flexibility index (Phi) is 2.92. The van der Waals surface area contributed by atoms with Crippen LogP contribution >= 0.6 is 11.6 Å². The van der Waals surface area contributed by atoms with E-state index >= 15 is 0 Å². The monoisotopic (exact) mass is 266 g/mol. The van der Waals surface area contributed by atoms with Crippen LogP contribution < -0.4 is 10.2 Å². The first kappa shape index (κ1) is 11.8. The van der Waals surface area contributed by atoms with Gasteiger partial charge in [0.15, 0.2) is 0 Å². The molecule has 1 aromatic carbocycles. The normalized spacial score (nSPS) is 27.0. The molecule has 0 radical (unpaired) electrons. The molecule has 5 heteroatoms. The fourth-order valence-electron chi connectivity index (χ4n) is 2.56. The predicted molar refractivity (Wildman–Crippen MR) is 70.2 cm³/mol. The molecule has 4 nitrogen and oxygen atoms in total. The van der Waals surface area contributed by atoms with Crippen LogP contribution in [0.4, 0.5) is 10.5 Å². The number of benzene rings is 1. The number of ether oxygens (including phenoxy) is 1. The van der Waals surface area contributed by atoms with Gasteiger partial charge in [0.05, 0.1) is 6.04 Å². The average Bonchev–Trinajstić information content (AvgIpc) is 2.69. The first-order valence-electron chi connectivity index (χ1n) is 6.13. The first-order valence-corrected chi connectivity index (χ1v) is 6.51. The van der Waals surface area contributed by atoms with E-state index < -0.39 is 0 Å². The van der Waals surface area contributed by atoms with Crippen molar-refractivity contribution in [2.24, 2.45) is 0 Å². The van der Waals surface area contributed by atoms with Crippen molar-refractivity contribution in [1.29, 1.82) is 0 Å². The Labute approximate surface area is 111 Å². The molecule has 2 unspecified atom stereocenters. The Morgan fingerprint density at radius 1 is 1.50 bits per heavy atom. The zero-order chi connectivity index (χ0) is 12.7. The number of rotatable bonds is 1. The molecule has 2 fully saturated rings. The molecule has 2 heterocycles. The quantitative estimate of drug-likeness (QED) is 0.848. The summed E-state index contributed by atoms with van der Waals surface area (Å²) in [6.07, 6.45) is 0.597. The fourth-order valence-corrected chi connectivity index (χ4v) is 2.74. The third-order valence-electron chi connectivity index (χ3n) is 3.60. The predicted octanol–water partition coefficient (Wildman–Crippen LogP) is 2.34. The van der Waals surface area contributed by atoms with Crippen LogP contribution in [-0.4, -0.2) is 31.3 Å². The lowest BCUT2D eigenvalue weighted by Gasteiger charge is -2.28. The molecule has 0 aromatic heterocycles. The number of amides is 1. The summed E-state index contributed by atoms with van der Waals surface area (Å²) in [6, 6.07) is 5.74. The highest BCUT2D eigenvalue weighted by Gasteiger charge is 2.43. The lowest BCUT2D eigenvalue weighted by molar-refractivity contribution is 0.117. The van der Waals surface area contributed by atoms with Gasteiger partial charge in [-0.25, -0.2) is 4.79 Å². The summed E-state index contributed by atoms with van der Waals surface area (Å²) in [5.41, 5.74) is 1.82. The number of hydrogen-bond donors (Lipinski definition) is 1. The second-order valence-corrected chi connectivity index (χ2v) is 5.19. The Hall–Kier alpha value is -1.26. The third-order valence-corrected chi connectivity index (χ3v) is 4.01. The van der Waals surface area contributed by atoms with Gasteiger partial charge < -0.3 is 10.1 Å². The first-order chi connectivity index (χ1) is 8.66. The number of hydrogen-bond acceptors (Lipinski definition) is 3. The average molecular weight is 267 g/mol. The van der Waals surface area contributed by atoms with E-state index in [1.54, 1.807) is 4.90 Å². The topological polar surface area (TPSA) is 41.6 Å². The van der Waals surface area contributed by atoms with Crippen molar-refractivity contribution < 1.29 is 9.53 Å². The summed E-state index contributed by atoms with van der Waals surface area (Å²) in [7, 11) is 0. The van der Waals surface area contributed by atoms with E-state index in [0.29, 0.717) is 5.02 Å². The largest absolute Gasteiger partial charge is 0.444 e. The zero-order valence-corrected chi connectivity index (χ0v) is 10.9. The molecular weight excluding hydrogens is 252 g/mol. The van der Waals surface area contributed by atoms with E-state index in [1.165, 1.54) is 0 Å².